The smallest absolute Gasteiger partial charge is 0.401 e. The van der Waals surface area contributed by atoms with Crippen LogP contribution in [0.4, 0.5) is 13.2 Å². The minimum atomic E-state index is -4.35. The topological polar surface area (TPSA) is 40.5 Å². The molecule has 0 saturated carbocycles. The summed E-state index contributed by atoms with van der Waals surface area (Å²) in [6, 6.07) is -1.12. The lowest BCUT2D eigenvalue weighted by molar-refractivity contribution is -0.157. The van der Waals surface area contributed by atoms with Crippen LogP contribution in [-0.4, -0.2) is 41.8 Å². The first-order chi connectivity index (χ1) is 5.24. The van der Waals surface area contributed by atoms with Crippen LogP contribution in [0.15, 0.2) is 0 Å². The third-order valence-corrected chi connectivity index (χ3v) is 1.45. The summed E-state index contributed by atoms with van der Waals surface area (Å²) < 4.78 is 35.1. The first-order valence-electron chi connectivity index (χ1n) is 3.24. The average Bonchev–Trinajstić information content (AvgIpc) is 1.82. The van der Waals surface area contributed by atoms with Crippen molar-refractivity contribution in [1.29, 1.82) is 0 Å². The van der Waals surface area contributed by atoms with E-state index in [1.807, 2.05) is 0 Å². The highest BCUT2D eigenvalue weighted by atomic mass is 35.5. The van der Waals surface area contributed by atoms with Gasteiger partial charge in [-0.1, -0.05) is 0 Å². The quantitative estimate of drug-likeness (QED) is 0.783. The summed E-state index contributed by atoms with van der Waals surface area (Å²) >= 11 is 0. The Labute approximate surface area is 79.9 Å². The predicted molar refractivity (Wildman–Crippen MR) is 43.0 cm³/mol. The molecule has 0 aromatic heterocycles. The first-order valence-corrected chi connectivity index (χ1v) is 3.24. The van der Waals surface area contributed by atoms with Gasteiger partial charge in [0.05, 0.1) is 6.54 Å². The molecule has 0 aliphatic rings. The fourth-order valence-electron chi connectivity index (χ4n) is 0.608. The molecule has 0 bridgehead atoms. The van der Waals surface area contributed by atoms with E-state index in [0.717, 1.165) is 11.9 Å². The van der Waals surface area contributed by atoms with Crippen LogP contribution in [0.1, 0.15) is 6.92 Å². The van der Waals surface area contributed by atoms with E-state index < -0.39 is 24.7 Å². The van der Waals surface area contributed by atoms with E-state index in [0.29, 0.717) is 0 Å². The maximum atomic E-state index is 11.7. The first kappa shape index (κ1) is 15.0. The van der Waals surface area contributed by atoms with Crippen LogP contribution in [0, 0.1) is 0 Å². The number of aliphatic carboxylic acids is 1. The van der Waals surface area contributed by atoms with Gasteiger partial charge in [-0.05, 0) is 14.0 Å². The molecule has 0 radical (unpaired) electrons. The van der Waals surface area contributed by atoms with Gasteiger partial charge in [-0.25, -0.2) is 0 Å². The van der Waals surface area contributed by atoms with Crippen molar-refractivity contribution in [3.63, 3.8) is 0 Å². The number of halogens is 4. The Balaban J connectivity index is 0. The molecule has 0 heterocycles. The molecule has 0 aromatic carbocycles. The van der Waals surface area contributed by atoms with Gasteiger partial charge in [0.15, 0.2) is 0 Å². The second kappa shape index (κ2) is 5.29. The van der Waals surface area contributed by atoms with Gasteiger partial charge in [-0.3, -0.25) is 9.69 Å². The Hall–Kier alpha value is -0.490. The van der Waals surface area contributed by atoms with Crippen LogP contribution in [0.3, 0.4) is 0 Å². The van der Waals surface area contributed by atoms with E-state index in [4.69, 9.17) is 5.11 Å². The average molecular weight is 222 g/mol. The molecule has 3 nitrogen and oxygen atoms in total. The van der Waals surface area contributed by atoms with Crippen molar-refractivity contribution < 1.29 is 23.1 Å². The monoisotopic (exact) mass is 221 g/mol. The highest BCUT2D eigenvalue weighted by molar-refractivity contribution is 5.85. The zero-order valence-corrected chi connectivity index (χ0v) is 7.95. The Morgan fingerprint density at radius 2 is 1.92 bits per heavy atom. The number of alkyl halides is 3. The van der Waals surface area contributed by atoms with Gasteiger partial charge in [0.1, 0.15) is 6.04 Å². The molecule has 1 unspecified atom stereocenters. The van der Waals surface area contributed by atoms with Crippen LogP contribution in [0.2, 0.25) is 0 Å². The number of carboxylic acid groups (broad SMARTS) is 1. The zero-order valence-electron chi connectivity index (χ0n) is 7.13. The van der Waals surface area contributed by atoms with E-state index in [1.54, 1.807) is 0 Å². The predicted octanol–water partition coefficient (Wildman–Crippen LogP) is 1.38. The van der Waals surface area contributed by atoms with Gasteiger partial charge in [0.2, 0.25) is 0 Å². The summed E-state index contributed by atoms with van der Waals surface area (Å²) in [6.45, 7) is -0.00542. The molecule has 0 fully saturated rings. The summed E-state index contributed by atoms with van der Waals surface area (Å²) in [7, 11) is 1.12. The molecule has 1 atom stereocenters. The molecular formula is C6H11ClF3NO2. The summed E-state index contributed by atoms with van der Waals surface area (Å²) in [5, 5.41) is 8.34. The third-order valence-electron chi connectivity index (χ3n) is 1.45. The number of nitrogens with zero attached hydrogens (tertiary/aromatic N) is 1. The fraction of sp³-hybridized carbons (Fsp3) is 0.833. The van der Waals surface area contributed by atoms with E-state index >= 15 is 0 Å². The number of carboxylic acids is 1. The van der Waals surface area contributed by atoms with Crippen molar-refractivity contribution >= 4 is 18.4 Å². The van der Waals surface area contributed by atoms with Crippen molar-refractivity contribution in [1.82, 2.24) is 4.90 Å². The molecule has 0 spiro atoms. The molecule has 0 aliphatic heterocycles. The molecular weight excluding hydrogens is 211 g/mol. The molecule has 0 saturated heterocycles. The summed E-state index contributed by atoms with van der Waals surface area (Å²) in [5.41, 5.74) is 0. The fourth-order valence-corrected chi connectivity index (χ4v) is 0.608. The van der Waals surface area contributed by atoms with Crippen LogP contribution in [0.25, 0.3) is 0 Å². The molecule has 0 rings (SSSR count). The van der Waals surface area contributed by atoms with Gasteiger partial charge in [-0.2, -0.15) is 13.2 Å². The number of rotatable bonds is 3. The second-order valence-corrected chi connectivity index (χ2v) is 2.54. The molecule has 7 heteroatoms. The number of carbonyl (C=O) groups is 1. The summed E-state index contributed by atoms with van der Waals surface area (Å²) in [4.78, 5) is 10.9. The van der Waals surface area contributed by atoms with E-state index in [1.165, 1.54) is 6.92 Å². The highest BCUT2D eigenvalue weighted by Gasteiger charge is 2.32. The Bertz CT molecular complexity index is 174. The second-order valence-electron chi connectivity index (χ2n) is 2.54. The molecule has 0 amide bonds. The van der Waals surface area contributed by atoms with Gasteiger partial charge in [-0.15, -0.1) is 12.4 Å². The van der Waals surface area contributed by atoms with Gasteiger partial charge < -0.3 is 5.11 Å². The summed E-state index contributed by atoms with van der Waals surface area (Å²) in [5.74, 6) is -1.26. The molecule has 0 aliphatic carbocycles. The van der Waals surface area contributed by atoms with Crippen molar-refractivity contribution in [2.75, 3.05) is 13.6 Å². The van der Waals surface area contributed by atoms with Crippen molar-refractivity contribution in [2.45, 2.75) is 19.1 Å². The molecule has 80 valence electrons. The van der Waals surface area contributed by atoms with Crippen LogP contribution in [-0.2, 0) is 4.79 Å². The largest absolute Gasteiger partial charge is 0.480 e. The van der Waals surface area contributed by atoms with Crippen molar-refractivity contribution in [3.05, 3.63) is 0 Å². The van der Waals surface area contributed by atoms with E-state index in [2.05, 4.69) is 0 Å². The number of likely N-dealkylation sites (N-methyl/N-ethyl adjacent to an activating group) is 1. The van der Waals surface area contributed by atoms with E-state index in [9.17, 15) is 18.0 Å². The standard InChI is InChI=1S/C6H10F3NO2.ClH/c1-4(5(11)12)10(2)3-6(7,8)9;/h4H,3H2,1-2H3,(H,11,12);1H. The van der Waals surface area contributed by atoms with Crippen molar-refractivity contribution in [3.8, 4) is 0 Å². The lowest BCUT2D eigenvalue weighted by Crippen LogP contribution is -2.41. The zero-order chi connectivity index (χ0) is 9.94. The van der Waals surface area contributed by atoms with Crippen LogP contribution < -0.4 is 0 Å². The Morgan fingerprint density at radius 1 is 1.54 bits per heavy atom. The Kier molecular flexibility index (Phi) is 6.10. The van der Waals surface area contributed by atoms with Crippen LogP contribution >= 0.6 is 12.4 Å². The van der Waals surface area contributed by atoms with Gasteiger partial charge >= 0.3 is 12.1 Å². The highest BCUT2D eigenvalue weighted by Crippen LogP contribution is 2.16. The van der Waals surface area contributed by atoms with E-state index in [-0.39, 0.29) is 12.4 Å². The van der Waals surface area contributed by atoms with Gasteiger partial charge in [0, 0.05) is 0 Å². The lowest BCUT2D eigenvalue weighted by atomic mass is 10.3. The van der Waals surface area contributed by atoms with Crippen LogP contribution in [0.5, 0.6) is 0 Å². The minimum Gasteiger partial charge on any atom is -0.480 e. The third kappa shape index (κ3) is 6.65. The maximum Gasteiger partial charge on any atom is 0.401 e. The Morgan fingerprint density at radius 3 is 2.15 bits per heavy atom. The summed E-state index contributed by atoms with van der Waals surface area (Å²) in [6.07, 6.45) is -4.35. The number of hydrogen-bond acceptors (Lipinski definition) is 2. The maximum absolute atomic E-state index is 11.7. The normalized spacial score (nSPS) is 13.7. The van der Waals surface area contributed by atoms with Gasteiger partial charge in [0.25, 0.3) is 0 Å². The SMILES string of the molecule is CC(C(=O)O)N(C)CC(F)(F)F.Cl. The number of hydrogen-bond donors (Lipinski definition) is 1. The molecule has 1 N–H and O–H groups in total. The van der Waals surface area contributed by atoms with Crippen molar-refractivity contribution in [2.24, 2.45) is 0 Å². The minimum absolute atomic E-state index is 0. The molecule has 0 aromatic rings. The lowest BCUT2D eigenvalue weighted by Gasteiger charge is -2.21. The molecule has 13 heavy (non-hydrogen) atoms.